The Morgan fingerprint density at radius 3 is 2.61 bits per heavy atom. The molecule has 0 bridgehead atoms. The van der Waals surface area contributed by atoms with Crippen molar-refractivity contribution in [1.29, 1.82) is 0 Å². The van der Waals surface area contributed by atoms with E-state index in [0.29, 0.717) is 28.3 Å². The minimum atomic E-state index is -0.995. The van der Waals surface area contributed by atoms with Gasteiger partial charge >= 0.3 is 5.97 Å². The molecule has 1 saturated heterocycles. The summed E-state index contributed by atoms with van der Waals surface area (Å²) in [4.78, 5) is 30.1. The number of hydrogen-bond acceptors (Lipinski definition) is 5. The Labute approximate surface area is 209 Å². The fraction of sp³-hybridized carbons (Fsp3) is 0.276. The summed E-state index contributed by atoms with van der Waals surface area (Å²) in [5.41, 5.74) is 5.20. The third-order valence-corrected chi connectivity index (χ3v) is 7.05. The van der Waals surface area contributed by atoms with Gasteiger partial charge in [0.15, 0.2) is 0 Å². The summed E-state index contributed by atoms with van der Waals surface area (Å²) < 4.78 is 1.61. The van der Waals surface area contributed by atoms with E-state index in [1.54, 1.807) is 35.9 Å². The Morgan fingerprint density at radius 1 is 1.17 bits per heavy atom. The number of carboxylic acid groups (broad SMARTS) is 1. The zero-order valence-corrected chi connectivity index (χ0v) is 20.7. The molecule has 36 heavy (non-hydrogen) atoms. The van der Waals surface area contributed by atoms with Crippen molar-refractivity contribution in [2.24, 2.45) is 7.05 Å². The largest absolute Gasteiger partial charge is 0.478 e. The topological polar surface area (TPSA) is 96.2 Å². The Balaban J connectivity index is 1.59. The molecule has 1 unspecified atom stereocenters. The molecular weight excluding hydrogens is 452 g/mol. The molecule has 1 fully saturated rings. The van der Waals surface area contributed by atoms with Gasteiger partial charge in [-0.25, -0.2) is 9.78 Å². The van der Waals surface area contributed by atoms with Crippen LogP contribution in [0.25, 0.3) is 22.3 Å². The Morgan fingerprint density at radius 2 is 1.92 bits per heavy atom. The van der Waals surface area contributed by atoms with Crippen molar-refractivity contribution in [3.8, 4) is 11.4 Å². The SMILES string of the molecule is Cc1cc([C@@H](C)Nc2ccccc2C(=O)O)c2nc(-c3ccc(C4CCNC4)cc3)n(C)c(=O)c2c1. The van der Waals surface area contributed by atoms with E-state index in [1.165, 1.54) is 5.56 Å². The highest BCUT2D eigenvalue weighted by molar-refractivity contribution is 5.94. The molecule has 0 spiro atoms. The number of rotatable bonds is 6. The lowest BCUT2D eigenvalue weighted by atomic mass is 9.97. The van der Waals surface area contributed by atoms with Gasteiger partial charge in [-0.2, -0.15) is 0 Å². The van der Waals surface area contributed by atoms with E-state index >= 15 is 0 Å². The highest BCUT2D eigenvalue weighted by Gasteiger charge is 2.20. The first kappa shape index (κ1) is 23.8. The molecule has 7 heteroatoms. The normalized spacial score (nSPS) is 16.2. The Hall–Kier alpha value is -3.97. The summed E-state index contributed by atoms with van der Waals surface area (Å²) in [6.07, 6.45) is 1.13. The van der Waals surface area contributed by atoms with E-state index in [-0.39, 0.29) is 17.2 Å². The van der Waals surface area contributed by atoms with Gasteiger partial charge in [0.2, 0.25) is 0 Å². The number of aryl methyl sites for hydroxylation is 1. The summed E-state index contributed by atoms with van der Waals surface area (Å²) in [5, 5.41) is 16.9. The first-order valence-electron chi connectivity index (χ1n) is 12.2. The molecule has 1 aromatic heterocycles. The van der Waals surface area contributed by atoms with Crippen LogP contribution in [0.2, 0.25) is 0 Å². The molecule has 0 amide bonds. The van der Waals surface area contributed by atoms with Crippen molar-refractivity contribution < 1.29 is 9.90 Å². The third kappa shape index (κ3) is 4.38. The van der Waals surface area contributed by atoms with Crippen molar-refractivity contribution in [1.82, 2.24) is 14.9 Å². The van der Waals surface area contributed by atoms with E-state index in [2.05, 4.69) is 22.8 Å². The second kappa shape index (κ2) is 9.59. The van der Waals surface area contributed by atoms with E-state index < -0.39 is 5.97 Å². The number of anilines is 1. The van der Waals surface area contributed by atoms with Crippen molar-refractivity contribution in [2.45, 2.75) is 32.2 Å². The molecule has 184 valence electrons. The molecule has 0 radical (unpaired) electrons. The lowest BCUT2D eigenvalue weighted by Gasteiger charge is -2.20. The predicted molar refractivity (Wildman–Crippen MR) is 143 cm³/mol. The standard InChI is InChI=1S/C29H30N4O3/c1-17-14-23(18(2)31-25-7-5-4-6-22(25)29(35)36)26-24(15-17)28(34)33(3)27(32-26)20-10-8-19(9-11-20)21-12-13-30-16-21/h4-11,14-15,18,21,30-31H,12-13,16H2,1-3H3,(H,35,36)/t18-,21?/m1/s1. The van der Waals surface area contributed by atoms with Crippen LogP contribution in [0.15, 0.2) is 65.5 Å². The van der Waals surface area contributed by atoms with Crippen LogP contribution in [-0.4, -0.2) is 33.7 Å². The van der Waals surface area contributed by atoms with Gasteiger partial charge in [-0.05, 0) is 62.1 Å². The number of hydrogen-bond donors (Lipinski definition) is 3. The van der Waals surface area contributed by atoms with Gasteiger partial charge in [-0.3, -0.25) is 9.36 Å². The number of nitrogens with zero attached hydrogens (tertiary/aromatic N) is 2. The van der Waals surface area contributed by atoms with Crippen LogP contribution in [-0.2, 0) is 7.05 Å². The predicted octanol–water partition coefficient (Wildman–Crippen LogP) is 4.86. The number of aromatic nitrogens is 2. The van der Waals surface area contributed by atoms with Crippen LogP contribution in [0.4, 0.5) is 5.69 Å². The minimum Gasteiger partial charge on any atom is -0.478 e. The average Bonchev–Trinajstić information content (AvgIpc) is 3.41. The smallest absolute Gasteiger partial charge is 0.337 e. The summed E-state index contributed by atoms with van der Waals surface area (Å²) in [6, 6.07) is 18.8. The fourth-order valence-electron chi connectivity index (χ4n) is 5.09. The molecule has 3 aromatic carbocycles. The number of carbonyl (C=O) groups is 1. The summed E-state index contributed by atoms with van der Waals surface area (Å²) in [7, 11) is 1.76. The van der Waals surface area contributed by atoms with Gasteiger partial charge in [-0.15, -0.1) is 0 Å². The average molecular weight is 483 g/mol. The maximum absolute atomic E-state index is 13.4. The quantitative estimate of drug-likeness (QED) is 0.363. The van der Waals surface area contributed by atoms with E-state index in [0.717, 1.165) is 36.2 Å². The summed E-state index contributed by atoms with van der Waals surface area (Å²) >= 11 is 0. The zero-order valence-electron chi connectivity index (χ0n) is 20.7. The van der Waals surface area contributed by atoms with E-state index in [9.17, 15) is 14.7 Å². The molecule has 1 aliphatic rings. The van der Waals surface area contributed by atoms with Gasteiger partial charge in [0, 0.05) is 30.4 Å². The number of aromatic carboxylic acids is 1. The van der Waals surface area contributed by atoms with Gasteiger partial charge in [0.05, 0.1) is 22.5 Å². The molecule has 3 N–H and O–H groups in total. The van der Waals surface area contributed by atoms with Crippen molar-refractivity contribution in [3.05, 3.63) is 93.3 Å². The van der Waals surface area contributed by atoms with Crippen LogP contribution in [0.3, 0.4) is 0 Å². The van der Waals surface area contributed by atoms with Gasteiger partial charge in [-0.1, -0.05) is 42.5 Å². The Bertz CT molecular complexity index is 1500. The van der Waals surface area contributed by atoms with Crippen LogP contribution in [0.5, 0.6) is 0 Å². The van der Waals surface area contributed by atoms with Crippen molar-refractivity contribution >= 4 is 22.6 Å². The second-order valence-electron chi connectivity index (χ2n) is 9.58. The summed E-state index contributed by atoms with van der Waals surface area (Å²) in [5.74, 6) is 0.125. The van der Waals surface area contributed by atoms with Gasteiger partial charge in [0.1, 0.15) is 5.82 Å². The second-order valence-corrected chi connectivity index (χ2v) is 9.58. The zero-order chi connectivity index (χ0) is 25.4. The van der Waals surface area contributed by atoms with Crippen LogP contribution in [0.1, 0.15) is 52.4 Å². The van der Waals surface area contributed by atoms with Crippen LogP contribution >= 0.6 is 0 Å². The number of nitrogens with one attached hydrogen (secondary N) is 2. The molecular formula is C29H30N4O3. The first-order chi connectivity index (χ1) is 17.3. The fourth-order valence-corrected chi connectivity index (χ4v) is 5.09. The molecule has 7 nitrogen and oxygen atoms in total. The maximum Gasteiger partial charge on any atom is 0.337 e. The first-order valence-corrected chi connectivity index (χ1v) is 12.2. The highest BCUT2D eigenvalue weighted by Crippen LogP contribution is 2.30. The van der Waals surface area contributed by atoms with Gasteiger partial charge in [0.25, 0.3) is 5.56 Å². The van der Waals surface area contributed by atoms with Crippen molar-refractivity contribution in [2.75, 3.05) is 18.4 Å². The lowest BCUT2D eigenvalue weighted by molar-refractivity contribution is 0.0698. The summed E-state index contributed by atoms with van der Waals surface area (Å²) in [6.45, 7) is 5.93. The Kier molecular flexibility index (Phi) is 6.33. The molecule has 2 atom stereocenters. The molecule has 0 aliphatic carbocycles. The van der Waals surface area contributed by atoms with Gasteiger partial charge < -0.3 is 15.7 Å². The van der Waals surface area contributed by atoms with E-state index in [1.807, 2.05) is 38.1 Å². The minimum absolute atomic E-state index is 0.109. The van der Waals surface area contributed by atoms with Crippen molar-refractivity contribution in [3.63, 3.8) is 0 Å². The molecule has 2 heterocycles. The van der Waals surface area contributed by atoms with Crippen LogP contribution < -0.4 is 16.2 Å². The number of fused-ring (bicyclic) bond motifs is 1. The lowest BCUT2D eigenvalue weighted by Crippen LogP contribution is -2.22. The number of para-hydroxylation sites is 1. The highest BCUT2D eigenvalue weighted by atomic mass is 16.4. The number of carboxylic acids is 1. The number of benzene rings is 3. The van der Waals surface area contributed by atoms with E-state index in [4.69, 9.17) is 4.98 Å². The molecule has 1 aliphatic heterocycles. The third-order valence-electron chi connectivity index (χ3n) is 7.05. The molecule has 5 rings (SSSR count). The molecule has 4 aromatic rings. The monoisotopic (exact) mass is 482 g/mol. The molecule has 0 saturated carbocycles. The maximum atomic E-state index is 13.4. The van der Waals surface area contributed by atoms with Crippen LogP contribution in [0, 0.1) is 6.92 Å².